The first kappa shape index (κ1) is 27.5. The van der Waals surface area contributed by atoms with Crippen molar-refractivity contribution in [3.8, 4) is 46.0 Å². The number of hydrogen-bond donors (Lipinski definition) is 2. The maximum Gasteiger partial charge on any atom is 0.239 e. The molecule has 2 aromatic carbocycles. The Morgan fingerprint density at radius 3 is 2.33 bits per heavy atom. The Bertz CT molecular complexity index is 1620. The second-order valence-corrected chi connectivity index (χ2v) is 10.6. The lowest BCUT2D eigenvalue weighted by molar-refractivity contribution is -0.115. The fraction of sp³-hybridized carbons (Fsp3) is 0.179. The molecule has 0 bridgehead atoms. The minimum atomic E-state index is -0.642. The summed E-state index contributed by atoms with van der Waals surface area (Å²) in [7, 11) is 3.13. The Balaban J connectivity index is 1.57. The van der Waals surface area contributed by atoms with Crippen LogP contribution in [0.4, 0.5) is 10.9 Å². The molecule has 1 atom stereocenters. The molecule has 0 fully saturated rings. The lowest BCUT2D eigenvalue weighted by Crippen LogP contribution is -2.22. The summed E-state index contributed by atoms with van der Waals surface area (Å²) in [5.41, 5.74) is 10.0. The Labute approximate surface area is 234 Å². The van der Waals surface area contributed by atoms with Crippen LogP contribution in [0.1, 0.15) is 23.6 Å². The molecule has 196 valence electrons. The molecular weight excluding hydrogens is 532 g/mol. The van der Waals surface area contributed by atoms with Crippen molar-refractivity contribution >= 4 is 40.0 Å². The van der Waals surface area contributed by atoms with Crippen LogP contribution in [0.5, 0.6) is 11.5 Å². The highest BCUT2D eigenvalue weighted by atomic mass is 32.2. The SMILES string of the molecule is COc1ccc(-c2csc(NC(=O)C(C)Sc3nc(N)c(C#N)c(-c4ccc(C)cc4)c3C#N)n2)cc1OC. The number of nitriles is 2. The molecule has 0 aliphatic rings. The van der Waals surface area contributed by atoms with Crippen LogP contribution in [0.15, 0.2) is 52.9 Å². The van der Waals surface area contributed by atoms with Crippen LogP contribution in [0.3, 0.4) is 0 Å². The van der Waals surface area contributed by atoms with Gasteiger partial charge in [0.25, 0.3) is 0 Å². The van der Waals surface area contributed by atoms with E-state index >= 15 is 0 Å². The number of pyridine rings is 1. The zero-order chi connectivity index (χ0) is 28.1. The Morgan fingerprint density at radius 2 is 1.69 bits per heavy atom. The van der Waals surface area contributed by atoms with E-state index in [1.54, 1.807) is 27.2 Å². The third kappa shape index (κ3) is 5.80. The summed E-state index contributed by atoms with van der Waals surface area (Å²) in [5, 5.41) is 24.5. The van der Waals surface area contributed by atoms with Crippen molar-refractivity contribution in [2.75, 3.05) is 25.3 Å². The predicted octanol–water partition coefficient (Wildman–Crippen LogP) is 5.64. The monoisotopic (exact) mass is 556 g/mol. The van der Waals surface area contributed by atoms with Crippen LogP contribution in [-0.2, 0) is 4.79 Å². The topological polar surface area (TPSA) is 147 Å². The number of amides is 1. The number of aryl methyl sites for hydroxylation is 1. The van der Waals surface area contributed by atoms with Crippen molar-refractivity contribution in [3.63, 3.8) is 0 Å². The van der Waals surface area contributed by atoms with E-state index < -0.39 is 5.25 Å². The number of nitrogen functional groups attached to an aromatic ring is 1. The first-order valence-corrected chi connectivity index (χ1v) is 13.4. The molecule has 0 radical (unpaired) electrons. The van der Waals surface area contributed by atoms with E-state index in [1.807, 2.05) is 48.7 Å². The fourth-order valence-electron chi connectivity index (χ4n) is 3.78. The Morgan fingerprint density at radius 1 is 1.03 bits per heavy atom. The van der Waals surface area contributed by atoms with Crippen molar-refractivity contribution in [1.29, 1.82) is 10.5 Å². The molecule has 2 aromatic heterocycles. The quantitative estimate of drug-likeness (QED) is 0.263. The van der Waals surface area contributed by atoms with Gasteiger partial charge in [0, 0.05) is 16.5 Å². The normalized spacial score (nSPS) is 11.2. The van der Waals surface area contributed by atoms with Crippen LogP contribution in [-0.4, -0.2) is 35.3 Å². The van der Waals surface area contributed by atoms with Gasteiger partial charge in [-0.3, -0.25) is 4.79 Å². The number of rotatable bonds is 8. The van der Waals surface area contributed by atoms with Gasteiger partial charge in [-0.15, -0.1) is 11.3 Å². The van der Waals surface area contributed by atoms with E-state index in [9.17, 15) is 15.3 Å². The van der Waals surface area contributed by atoms with Crippen LogP contribution in [0, 0.1) is 29.6 Å². The van der Waals surface area contributed by atoms with Gasteiger partial charge in [-0.05, 0) is 37.6 Å². The molecule has 9 nitrogen and oxygen atoms in total. The molecule has 0 saturated carbocycles. The van der Waals surface area contributed by atoms with Gasteiger partial charge >= 0.3 is 0 Å². The second kappa shape index (κ2) is 11.9. The molecular formula is C28H24N6O3S2. The first-order valence-electron chi connectivity index (χ1n) is 11.7. The number of nitrogens with two attached hydrogens (primary N) is 1. The number of nitrogens with zero attached hydrogens (tertiary/aromatic N) is 4. The van der Waals surface area contributed by atoms with Crippen molar-refractivity contribution in [3.05, 3.63) is 64.5 Å². The summed E-state index contributed by atoms with van der Waals surface area (Å²) < 4.78 is 10.6. The standard InChI is InChI=1S/C28H24N6O3S2/c1-15-5-7-17(8-6-15)24-19(12-29)25(31)33-27(20(24)13-30)39-16(2)26(35)34-28-32-21(14-38-28)18-9-10-22(36-3)23(11-18)37-4/h5-11,14,16H,1-4H3,(H2,31,33)(H,32,34,35). The van der Waals surface area contributed by atoms with Crippen molar-refractivity contribution in [1.82, 2.24) is 9.97 Å². The number of thiazole rings is 1. The minimum Gasteiger partial charge on any atom is -0.493 e. The van der Waals surface area contributed by atoms with Gasteiger partial charge in [0.05, 0.1) is 30.7 Å². The summed E-state index contributed by atoms with van der Waals surface area (Å²) in [6.45, 7) is 3.65. The van der Waals surface area contributed by atoms with Gasteiger partial charge in [-0.25, -0.2) is 9.97 Å². The maximum absolute atomic E-state index is 13.1. The number of methoxy groups -OCH3 is 2. The van der Waals surface area contributed by atoms with Gasteiger partial charge in [0.15, 0.2) is 16.6 Å². The van der Waals surface area contributed by atoms with Gasteiger partial charge in [0.1, 0.15) is 28.5 Å². The number of aromatic nitrogens is 2. The molecule has 4 rings (SSSR count). The lowest BCUT2D eigenvalue weighted by atomic mass is 9.96. The van der Waals surface area contributed by atoms with E-state index in [1.165, 1.54) is 11.3 Å². The van der Waals surface area contributed by atoms with Crippen molar-refractivity contribution in [2.45, 2.75) is 24.1 Å². The molecule has 1 unspecified atom stereocenters. The smallest absolute Gasteiger partial charge is 0.239 e. The fourth-order valence-corrected chi connectivity index (χ4v) is 5.42. The van der Waals surface area contributed by atoms with Gasteiger partial charge in [-0.1, -0.05) is 41.6 Å². The van der Waals surface area contributed by atoms with E-state index in [-0.39, 0.29) is 27.9 Å². The number of nitrogens with one attached hydrogen (secondary N) is 1. The third-order valence-corrected chi connectivity index (χ3v) is 7.67. The molecule has 2 heterocycles. The molecule has 0 spiro atoms. The zero-order valence-electron chi connectivity index (χ0n) is 21.6. The Hall–Kier alpha value is -4.58. The molecule has 11 heteroatoms. The molecule has 3 N–H and O–H groups in total. The summed E-state index contributed by atoms with van der Waals surface area (Å²) in [4.78, 5) is 21.9. The summed E-state index contributed by atoms with van der Waals surface area (Å²) in [6.07, 6.45) is 0. The summed E-state index contributed by atoms with van der Waals surface area (Å²) in [5.74, 6) is 0.863. The molecule has 4 aromatic rings. The first-order chi connectivity index (χ1) is 18.8. The van der Waals surface area contributed by atoms with Crippen LogP contribution >= 0.6 is 23.1 Å². The van der Waals surface area contributed by atoms with Gasteiger partial charge < -0.3 is 20.5 Å². The molecule has 0 saturated heterocycles. The predicted molar refractivity (Wildman–Crippen MR) is 153 cm³/mol. The van der Waals surface area contributed by atoms with E-state index in [4.69, 9.17) is 15.2 Å². The Kier molecular flexibility index (Phi) is 8.35. The molecule has 0 aliphatic heterocycles. The largest absolute Gasteiger partial charge is 0.493 e. The number of carbonyl (C=O) groups excluding carboxylic acids is 1. The highest BCUT2D eigenvalue weighted by Crippen LogP contribution is 2.38. The molecule has 1 amide bonds. The van der Waals surface area contributed by atoms with Crippen molar-refractivity contribution < 1.29 is 14.3 Å². The second-order valence-electron chi connectivity index (χ2n) is 8.37. The number of benzene rings is 2. The van der Waals surface area contributed by atoms with Crippen LogP contribution in [0.2, 0.25) is 0 Å². The number of ether oxygens (including phenoxy) is 2. The summed E-state index contributed by atoms with van der Waals surface area (Å²) >= 11 is 2.38. The maximum atomic E-state index is 13.1. The van der Waals surface area contributed by atoms with Crippen LogP contribution in [0.25, 0.3) is 22.4 Å². The average molecular weight is 557 g/mol. The summed E-state index contributed by atoms with van der Waals surface area (Å²) in [6, 6.07) is 17.1. The minimum absolute atomic E-state index is 0.00154. The third-order valence-electron chi connectivity index (χ3n) is 5.83. The van der Waals surface area contributed by atoms with E-state index in [2.05, 4.69) is 27.4 Å². The average Bonchev–Trinajstić information content (AvgIpc) is 3.41. The van der Waals surface area contributed by atoms with Crippen molar-refractivity contribution in [2.24, 2.45) is 0 Å². The number of anilines is 2. The number of hydrogen-bond acceptors (Lipinski definition) is 10. The van der Waals surface area contributed by atoms with Crippen LogP contribution < -0.4 is 20.5 Å². The van der Waals surface area contributed by atoms with Gasteiger partial charge in [0.2, 0.25) is 5.91 Å². The zero-order valence-corrected chi connectivity index (χ0v) is 23.2. The van der Waals surface area contributed by atoms with Gasteiger partial charge in [-0.2, -0.15) is 10.5 Å². The highest BCUT2D eigenvalue weighted by Gasteiger charge is 2.24. The highest BCUT2D eigenvalue weighted by molar-refractivity contribution is 8.00. The van der Waals surface area contributed by atoms with E-state index in [0.29, 0.717) is 33.5 Å². The number of carbonyl (C=O) groups is 1. The molecule has 0 aliphatic carbocycles. The van der Waals surface area contributed by atoms with E-state index in [0.717, 1.165) is 22.9 Å². The number of thioether (sulfide) groups is 1. The lowest BCUT2D eigenvalue weighted by Gasteiger charge is -2.15. The molecule has 39 heavy (non-hydrogen) atoms.